The van der Waals surface area contributed by atoms with Gasteiger partial charge in [-0.2, -0.15) is 0 Å². The van der Waals surface area contributed by atoms with Crippen LogP contribution in [0.1, 0.15) is 6.92 Å². The molecule has 0 spiro atoms. The summed E-state index contributed by atoms with van der Waals surface area (Å²) in [5.41, 5.74) is 2.44. The molecule has 0 radical (unpaired) electrons. The summed E-state index contributed by atoms with van der Waals surface area (Å²) in [6.07, 6.45) is 23.5. The van der Waals surface area contributed by atoms with Crippen molar-refractivity contribution in [3.63, 3.8) is 0 Å². The van der Waals surface area contributed by atoms with E-state index in [1.165, 1.54) is 28.2 Å². The van der Waals surface area contributed by atoms with Gasteiger partial charge in [0.2, 0.25) is 0 Å². The number of ketones is 2. The van der Waals surface area contributed by atoms with Gasteiger partial charge < -0.3 is 4.90 Å². The lowest BCUT2D eigenvalue weighted by Gasteiger charge is -2.17. The molecule has 0 fully saturated rings. The van der Waals surface area contributed by atoms with Gasteiger partial charge in [-0.05, 0) is 54.5 Å². The number of carbonyl (C=O) groups is 1. The van der Waals surface area contributed by atoms with Crippen molar-refractivity contribution in [2.75, 3.05) is 19.7 Å². The molecule has 2 heterocycles. The van der Waals surface area contributed by atoms with Crippen LogP contribution < -0.4 is 4.90 Å². The Kier molecular flexibility index (Phi) is 5.18. The van der Waals surface area contributed by atoms with Crippen molar-refractivity contribution in [2.24, 2.45) is 0 Å². The minimum atomic E-state index is -0.000664. The zero-order valence-corrected chi connectivity index (χ0v) is 13.8. The predicted octanol–water partition coefficient (Wildman–Crippen LogP) is 1.37. The van der Waals surface area contributed by atoms with Crippen LogP contribution in [-0.4, -0.2) is 36.2 Å². The summed E-state index contributed by atoms with van der Waals surface area (Å²) in [7, 11) is 0. The number of hydrogen-bond donors (Lipinski definition) is 1. The Morgan fingerprint density at radius 2 is 1.54 bits per heavy atom. The zero-order valence-electron chi connectivity index (χ0n) is 13.8. The van der Waals surface area contributed by atoms with Crippen LogP contribution in [0.3, 0.4) is 0 Å². The minimum Gasteiger partial charge on any atom is -0.345 e. The maximum absolute atomic E-state index is 11.0. The van der Waals surface area contributed by atoms with E-state index in [1.54, 1.807) is 12.2 Å². The number of hydrogen-bond acceptors (Lipinski definition) is 2. The second-order valence-electron chi connectivity index (χ2n) is 5.69. The first-order chi connectivity index (χ1) is 11.7. The summed E-state index contributed by atoms with van der Waals surface area (Å²) in [6, 6.07) is 0. The molecule has 4 heteroatoms. The summed E-state index contributed by atoms with van der Waals surface area (Å²) in [4.78, 5) is 14.5. The molecular weight excluding hydrogens is 300 g/mol. The van der Waals surface area contributed by atoms with Crippen LogP contribution in [0.15, 0.2) is 84.6 Å². The van der Waals surface area contributed by atoms with E-state index in [-0.39, 0.29) is 5.78 Å². The number of quaternary nitrogens is 1. The minimum absolute atomic E-state index is 0.000664. The molecule has 0 aromatic rings. The van der Waals surface area contributed by atoms with Gasteiger partial charge in [-0.1, -0.05) is 0 Å². The molecule has 0 unspecified atom stereocenters. The quantitative estimate of drug-likeness (QED) is 0.627. The third-order valence-electron chi connectivity index (χ3n) is 4.03. The summed E-state index contributed by atoms with van der Waals surface area (Å²) in [5, 5.41) is 0. The fraction of sp³-hybridized carbons (Fsp3) is 0.200. The van der Waals surface area contributed by atoms with Gasteiger partial charge in [0.1, 0.15) is 6.54 Å². The van der Waals surface area contributed by atoms with Gasteiger partial charge in [0, 0.05) is 24.6 Å². The van der Waals surface area contributed by atoms with E-state index in [1.807, 2.05) is 0 Å². The zero-order chi connectivity index (χ0) is 16.8. The SMILES string of the molecule is CC[NH+]1C=CC(=C2C=CN(CC[O+]=C3C=CC(=O)C=C3)C=C2)C=C1. The van der Waals surface area contributed by atoms with Gasteiger partial charge in [0.05, 0.1) is 18.9 Å². The first-order valence-electron chi connectivity index (χ1n) is 8.23. The van der Waals surface area contributed by atoms with Gasteiger partial charge in [-0.25, -0.2) is 0 Å². The van der Waals surface area contributed by atoms with Crippen molar-refractivity contribution in [3.05, 3.63) is 84.6 Å². The Bertz CT molecular complexity index is 696. The first kappa shape index (κ1) is 16.1. The third-order valence-corrected chi connectivity index (χ3v) is 4.03. The lowest BCUT2D eigenvalue weighted by Crippen LogP contribution is -3.02. The third kappa shape index (κ3) is 4.18. The number of nitrogens with one attached hydrogen (secondary N) is 1. The Balaban J connectivity index is 1.53. The van der Waals surface area contributed by atoms with Crippen LogP contribution >= 0.6 is 0 Å². The molecule has 122 valence electrons. The van der Waals surface area contributed by atoms with Crippen LogP contribution in [0.2, 0.25) is 0 Å². The van der Waals surface area contributed by atoms with Gasteiger partial charge in [0.15, 0.2) is 5.78 Å². The normalized spacial score (nSPS) is 22.0. The Labute approximate surface area is 142 Å². The molecule has 1 N–H and O–H groups in total. The molecule has 0 atom stereocenters. The highest BCUT2D eigenvalue weighted by Gasteiger charge is 2.11. The second kappa shape index (κ2) is 7.70. The summed E-state index contributed by atoms with van der Waals surface area (Å²) >= 11 is 0. The van der Waals surface area contributed by atoms with E-state index in [0.29, 0.717) is 6.61 Å². The van der Waals surface area contributed by atoms with Crippen LogP contribution in [0.4, 0.5) is 0 Å². The van der Waals surface area contributed by atoms with Crippen LogP contribution in [-0.2, 0) is 9.22 Å². The highest BCUT2D eigenvalue weighted by atomic mass is 16.4. The molecule has 0 saturated heterocycles. The standard InChI is InChI=1S/C20H21N2O2/c1-2-21-11-7-17(8-12-21)18-9-13-22(14-10-18)15-16-24-20-5-3-19(23)4-6-20/h3-14H,2,15-16H2,1H3/q+1/p+1. The fourth-order valence-electron chi connectivity index (χ4n) is 2.54. The topological polar surface area (TPSA) is 36.0 Å². The fourth-order valence-corrected chi connectivity index (χ4v) is 2.54. The van der Waals surface area contributed by atoms with E-state index in [9.17, 15) is 4.79 Å². The Hall–Kier alpha value is -2.72. The molecule has 0 aromatic carbocycles. The second-order valence-corrected chi connectivity index (χ2v) is 5.69. The van der Waals surface area contributed by atoms with Gasteiger partial charge in [-0.15, -0.1) is 0 Å². The molecule has 0 aromatic heterocycles. The number of rotatable bonds is 4. The first-order valence-corrected chi connectivity index (χ1v) is 8.23. The van der Waals surface area contributed by atoms with Crippen molar-refractivity contribution in [1.82, 2.24) is 4.90 Å². The summed E-state index contributed by atoms with van der Waals surface area (Å²) in [5.74, 6) is 0.724. The Morgan fingerprint density at radius 3 is 2.17 bits per heavy atom. The highest BCUT2D eigenvalue weighted by molar-refractivity contribution is 6.14. The van der Waals surface area contributed by atoms with Crippen molar-refractivity contribution >= 4 is 11.6 Å². The molecular formula is C20H22N2O2+2. The monoisotopic (exact) mass is 322 g/mol. The molecule has 0 saturated carbocycles. The van der Waals surface area contributed by atoms with Crippen molar-refractivity contribution in [2.45, 2.75) is 6.92 Å². The van der Waals surface area contributed by atoms with Crippen molar-refractivity contribution in [3.8, 4) is 0 Å². The molecule has 3 rings (SSSR count). The molecule has 3 aliphatic rings. The number of carbonyl (C=O) groups excluding carboxylic acids is 2. The van der Waals surface area contributed by atoms with Crippen LogP contribution in [0, 0.1) is 0 Å². The van der Waals surface area contributed by atoms with Gasteiger partial charge >= 0.3 is 5.78 Å². The summed E-state index contributed by atoms with van der Waals surface area (Å²) < 4.78 is 5.65. The number of allylic oxidation sites excluding steroid dienone is 10. The van der Waals surface area contributed by atoms with Gasteiger partial charge in [-0.3, -0.25) is 14.1 Å². The maximum Gasteiger partial charge on any atom is 0.343 e. The van der Waals surface area contributed by atoms with E-state index in [2.05, 4.69) is 60.9 Å². The molecule has 2 aliphatic heterocycles. The van der Waals surface area contributed by atoms with Crippen molar-refractivity contribution < 1.29 is 14.1 Å². The predicted molar refractivity (Wildman–Crippen MR) is 95.0 cm³/mol. The molecule has 4 nitrogen and oxygen atoms in total. The lowest BCUT2D eigenvalue weighted by molar-refractivity contribution is -0.788. The molecule has 0 bridgehead atoms. The average Bonchev–Trinajstić information content (AvgIpc) is 2.64. The van der Waals surface area contributed by atoms with E-state index in [4.69, 9.17) is 4.42 Å². The average molecular weight is 322 g/mol. The Morgan fingerprint density at radius 1 is 0.917 bits per heavy atom. The summed E-state index contributed by atoms with van der Waals surface area (Å²) in [6.45, 7) is 4.55. The lowest BCUT2D eigenvalue weighted by atomic mass is 10.0. The molecule has 1 aliphatic carbocycles. The van der Waals surface area contributed by atoms with E-state index < -0.39 is 0 Å². The van der Waals surface area contributed by atoms with E-state index in [0.717, 1.165) is 18.9 Å². The maximum atomic E-state index is 11.0. The largest absolute Gasteiger partial charge is 0.345 e. The highest BCUT2D eigenvalue weighted by Crippen LogP contribution is 2.16. The van der Waals surface area contributed by atoms with Crippen LogP contribution in [0.5, 0.6) is 0 Å². The van der Waals surface area contributed by atoms with Crippen LogP contribution in [0.25, 0.3) is 0 Å². The number of nitrogens with zero attached hydrogens (tertiary/aromatic N) is 1. The van der Waals surface area contributed by atoms with Crippen molar-refractivity contribution in [1.29, 1.82) is 0 Å². The smallest absolute Gasteiger partial charge is 0.343 e. The molecule has 24 heavy (non-hydrogen) atoms. The molecule has 0 amide bonds. The van der Waals surface area contributed by atoms with Gasteiger partial charge in [0.25, 0.3) is 6.61 Å². The van der Waals surface area contributed by atoms with E-state index >= 15 is 0 Å².